The van der Waals surface area contributed by atoms with Gasteiger partial charge in [-0.1, -0.05) is 12.1 Å². The maximum absolute atomic E-state index is 12.2. The van der Waals surface area contributed by atoms with Gasteiger partial charge in [-0.2, -0.15) is 0 Å². The number of ether oxygens (including phenoxy) is 2. The molecule has 0 aliphatic carbocycles. The predicted molar refractivity (Wildman–Crippen MR) is 102 cm³/mol. The third-order valence-electron chi connectivity index (χ3n) is 4.25. The van der Waals surface area contributed by atoms with Crippen molar-refractivity contribution in [3.63, 3.8) is 0 Å². The first kappa shape index (κ1) is 19.8. The molecule has 0 unspecified atom stereocenters. The molecule has 0 atom stereocenters. The molecule has 8 nitrogen and oxygen atoms in total. The van der Waals surface area contributed by atoms with Crippen molar-refractivity contribution in [2.24, 2.45) is 0 Å². The predicted octanol–water partition coefficient (Wildman–Crippen LogP) is 1.69. The van der Waals surface area contributed by atoms with Crippen LogP contribution in [0.1, 0.15) is 23.0 Å². The summed E-state index contributed by atoms with van der Waals surface area (Å²) in [6, 6.07) is 7.96. The van der Waals surface area contributed by atoms with Gasteiger partial charge in [0.1, 0.15) is 12.0 Å². The Kier molecular flexibility index (Phi) is 6.57. The number of morpholine rings is 1. The van der Waals surface area contributed by atoms with E-state index in [2.05, 4.69) is 10.2 Å². The Bertz CT molecular complexity index is 902. The maximum Gasteiger partial charge on any atom is 0.262 e. The van der Waals surface area contributed by atoms with Crippen LogP contribution in [0.4, 0.5) is 5.69 Å². The number of carbonyl (C=O) groups is 2. The van der Waals surface area contributed by atoms with E-state index < -0.39 is 5.91 Å². The summed E-state index contributed by atoms with van der Waals surface area (Å²) in [5.74, 6) is -0.0391. The van der Waals surface area contributed by atoms with Crippen LogP contribution in [0.3, 0.4) is 0 Å². The van der Waals surface area contributed by atoms with Gasteiger partial charge in [-0.05, 0) is 19.1 Å². The summed E-state index contributed by atoms with van der Waals surface area (Å²) in [5.41, 5.74) is 0.630. The molecule has 2 aromatic rings. The zero-order valence-electron chi connectivity index (χ0n) is 15.6. The summed E-state index contributed by atoms with van der Waals surface area (Å²) in [6.45, 7) is 4.52. The molecule has 28 heavy (non-hydrogen) atoms. The number of ketones is 1. The van der Waals surface area contributed by atoms with Gasteiger partial charge >= 0.3 is 0 Å². The van der Waals surface area contributed by atoms with Gasteiger partial charge in [-0.25, -0.2) is 0 Å². The van der Waals surface area contributed by atoms with Crippen molar-refractivity contribution in [2.75, 3.05) is 38.2 Å². The first-order valence-electron chi connectivity index (χ1n) is 8.97. The van der Waals surface area contributed by atoms with E-state index in [0.29, 0.717) is 36.8 Å². The number of hydrogen-bond acceptors (Lipinski definition) is 7. The number of anilines is 1. The van der Waals surface area contributed by atoms with E-state index in [1.54, 1.807) is 24.3 Å². The fraction of sp³-hybridized carbons (Fsp3) is 0.350. The molecule has 0 bridgehead atoms. The van der Waals surface area contributed by atoms with E-state index in [9.17, 15) is 14.4 Å². The second kappa shape index (κ2) is 9.29. The van der Waals surface area contributed by atoms with E-state index in [4.69, 9.17) is 13.9 Å². The summed E-state index contributed by atoms with van der Waals surface area (Å²) in [6.07, 6.45) is 1.22. The molecule has 1 aliphatic heterocycles. The Balaban J connectivity index is 1.53. The fourth-order valence-electron chi connectivity index (χ4n) is 2.76. The van der Waals surface area contributed by atoms with Crippen molar-refractivity contribution in [1.82, 2.24) is 4.90 Å². The molecule has 0 saturated carbocycles. The number of carbonyl (C=O) groups excluding carboxylic acids is 2. The highest BCUT2D eigenvalue weighted by atomic mass is 16.5. The van der Waals surface area contributed by atoms with E-state index in [0.717, 1.165) is 13.1 Å². The van der Waals surface area contributed by atoms with E-state index >= 15 is 0 Å². The minimum Gasteiger partial charge on any atom is -0.477 e. The third kappa shape index (κ3) is 5.51. The van der Waals surface area contributed by atoms with Crippen molar-refractivity contribution >= 4 is 17.4 Å². The molecular weight excluding hydrogens is 364 g/mol. The molecule has 1 amide bonds. The lowest BCUT2D eigenvalue weighted by Crippen LogP contribution is -2.35. The molecule has 1 aromatic carbocycles. The number of nitrogens with one attached hydrogen (secondary N) is 1. The van der Waals surface area contributed by atoms with Crippen LogP contribution in [0.2, 0.25) is 0 Å². The number of hydrogen-bond donors (Lipinski definition) is 1. The highest BCUT2D eigenvalue weighted by Gasteiger charge is 2.14. The third-order valence-corrected chi connectivity index (χ3v) is 4.25. The van der Waals surface area contributed by atoms with E-state index in [-0.39, 0.29) is 23.6 Å². The van der Waals surface area contributed by atoms with Crippen molar-refractivity contribution < 1.29 is 23.5 Å². The topological polar surface area (TPSA) is 98.1 Å². The second-order valence-electron chi connectivity index (χ2n) is 6.44. The first-order chi connectivity index (χ1) is 13.5. The number of Topliss-reactive ketones (excluding diaryl/α,β-unsaturated/α-hetero) is 1. The number of amides is 1. The lowest BCUT2D eigenvalue weighted by molar-refractivity contribution is -0.118. The van der Waals surface area contributed by atoms with Crippen LogP contribution in [0, 0.1) is 0 Å². The summed E-state index contributed by atoms with van der Waals surface area (Å²) in [4.78, 5) is 37.7. The highest BCUT2D eigenvalue weighted by molar-refractivity contribution is 5.97. The van der Waals surface area contributed by atoms with Crippen molar-refractivity contribution in [2.45, 2.75) is 13.5 Å². The minimum atomic E-state index is -0.447. The smallest absolute Gasteiger partial charge is 0.262 e. The molecule has 1 aromatic heterocycles. The van der Waals surface area contributed by atoms with Crippen LogP contribution in [0.15, 0.2) is 45.8 Å². The summed E-state index contributed by atoms with van der Waals surface area (Å²) in [5, 5.41) is 2.63. The largest absolute Gasteiger partial charge is 0.477 e. The molecule has 148 valence electrons. The van der Waals surface area contributed by atoms with Gasteiger partial charge in [0.15, 0.2) is 12.4 Å². The first-order valence-corrected chi connectivity index (χ1v) is 8.97. The van der Waals surface area contributed by atoms with Crippen molar-refractivity contribution in [1.29, 1.82) is 0 Å². The van der Waals surface area contributed by atoms with Gasteiger partial charge in [-0.3, -0.25) is 19.3 Å². The Labute approximate surface area is 162 Å². The van der Waals surface area contributed by atoms with Crippen LogP contribution >= 0.6 is 0 Å². The quantitative estimate of drug-likeness (QED) is 0.723. The van der Waals surface area contributed by atoms with Crippen LogP contribution < -0.4 is 15.5 Å². The van der Waals surface area contributed by atoms with Crippen LogP contribution in [-0.2, 0) is 16.1 Å². The molecule has 0 spiro atoms. The number of nitrogens with zero attached hydrogens (tertiary/aromatic N) is 1. The van der Waals surface area contributed by atoms with Gasteiger partial charge in [0.2, 0.25) is 11.2 Å². The molecule has 1 N–H and O–H groups in total. The second-order valence-corrected chi connectivity index (χ2v) is 6.44. The summed E-state index contributed by atoms with van der Waals surface area (Å²) in [7, 11) is 0. The summed E-state index contributed by atoms with van der Waals surface area (Å²) >= 11 is 0. The van der Waals surface area contributed by atoms with Gasteiger partial charge in [0, 0.05) is 30.4 Å². The van der Waals surface area contributed by atoms with Gasteiger partial charge in [0.25, 0.3) is 5.91 Å². The minimum absolute atomic E-state index is 0.0293. The Hall–Kier alpha value is -2.97. The average Bonchev–Trinajstić information content (AvgIpc) is 2.68. The summed E-state index contributed by atoms with van der Waals surface area (Å²) < 4.78 is 16.0. The van der Waals surface area contributed by atoms with Crippen LogP contribution in [0.25, 0.3) is 0 Å². The van der Waals surface area contributed by atoms with Gasteiger partial charge in [0.05, 0.1) is 19.8 Å². The van der Waals surface area contributed by atoms with Crippen LogP contribution in [-0.4, -0.2) is 49.5 Å². The zero-order valence-corrected chi connectivity index (χ0v) is 15.6. The zero-order chi connectivity index (χ0) is 19.9. The molecule has 8 heteroatoms. The molecule has 0 radical (unpaired) electrons. The van der Waals surface area contributed by atoms with E-state index in [1.807, 2.05) is 0 Å². The molecule has 3 rings (SSSR count). The normalized spacial score (nSPS) is 14.5. The van der Waals surface area contributed by atoms with Crippen molar-refractivity contribution in [3.05, 3.63) is 58.1 Å². The Morgan fingerprint density at radius 2 is 2.00 bits per heavy atom. The van der Waals surface area contributed by atoms with Gasteiger partial charge < -0.3 is 19.2 Å². The lowest BCUT2D eigenvalue weighted by atomic mass is 10.1. The average molecular weight is 386 g/mol. The standard InChI is InChI=1S/C20H22N2O6/c1-14(23)15-3-2-4-16(9-15)21-20(25)13-28-19-12-27-17(10-18(19)24)11-22-5-7-26-8-6-22/h2-4,9-10,12H,5-8,11,13H2,1H3,(H,21,25). The van der Waals surface area contributed by atoms with Crippen LogP contribution in [0.5, 0.6) is 5.75 Å². The highest BCUT2D eigenvalue weighted by Crippen LogP contribution is 2.12. The molecule has 1 fully saturated rings. The van der Waals surface area contributed by atoms with E-state index in [1.165, 1.54) is 19.3 Å². The monoisotopic (exact) mass is 386 g/mol. The maximum atomic E-state index is 12.2. The molecule has 1 aliphatic rings. The molecule has 1 saturated heterocycles. The van der Waals surface area contributed by atoms with Gasteiger partial charge in [-0.15, -0.1) is 0 Å². The number of benzene rings is 1. The SMILES string of the molecule is CC(=O)c1cccc(NC(=O)COc2coc(CN3CCOCC3)cc2=O)c1. The molecule has 2 heterocycles. The fourth-order valence-corrected chi connectivity index (χ4v) is 2.76. The lowest BCUT2D eigenvalue weighted by Gasteiger charge is -2.25. The Morgan fingerprint density at radius 3 is 2.71 bits per heavy atom. The Morgan fingerprint density at radius 1 is 1.21 bits per heavy atom. The molecular formula is C20H22N2O6. The number of rotatable bonds is 7. The van der Waals surface area contributed by atoms with Crippen molar-refractivity contribution in [3.8, 4) is 5.75 Å².